The van der Waals surface area contributed by atoms with Crippen molar-refractivity contribution in [1.82, 2.24) is 5.32 Å². The smallest absolute Gasteiger partial charge is 0.231 e. The summed E-state index contributed by atoms with van der Waals surface area (Å²) in [7, 11) is 0. The average Bonchev–Trinajstić information content (AvgIpc) is 2.99. The number of fused-ring (bicyclic) bond motifs is 1. The Balaban J connectivity index is 1.61. The van der Waals surface area contributed by atoms with E-state index in [-0.39, 0.29) is 6.04 Å². The highest BCUT2D eigenvalue weighted by Gasteiger charge is 2.16. The summed E-state index contributed by atoms with van der Waals surface area (Å²) in [5.74, 6) is 1.62. The Bertz CT molecular complexity index is 674. The summed E-state index contributed by atoms with van der Waals surface area (Å²) in [4.78, 5) is 0. The first-order valence-corrected chi connectivity index (χ1v) is 7.88. The van der Waals surface area contributed by atoms with Crippen LogP contribution >= 0.6 is 0 Å². The first-order chi connectivity index (χ1) is 10.9. The monoisotopic (exact) mass is 313 g/mol. The molecule has 1 aliphatic heterocycles. The van der Waals surface area contributed by atoms with Gasteiger partial charge < -0.3 is 19.9 Å². The summed E-state index contributed by atoms with van der Waals surface area (Å²) in [6.07, 6.45) is 0. The lowest BCUT2D eigenvalue weighted by molar-refractivity contribution is 0.0786. The lowest BCUT2D eigenvalue weighted by atomic mass is 9.97. The maximum atomic E-state index is 9.99. The van der Waals surface area contributed by atoms with Crippen molar-refractivity contribution < 1.29 is 14.6 Å². The highest BCUT2D eigenvalue weighted by atomic mass is 16.7. The van der Waals surface area contributed by atoms with Crippen LogP contribution in [0.2, 0.25) is 0 Å². The van der Waals surface area contributed by atoms with Gasteiger partial charge in [-0.1, -0.05) is 30.3 Å². The quantitative estimate of drug-likeness (QED) is 0.887. The van der Waals surface area contributed by atoms with Crippen molar-refractivity contribution in [1.29, 1.82) is 0 Å². The molecule has 1 atom stereocenters. The zero-order chi connectivity index (χ0) is 16.4. The molecule has 4 heteroatoms. The largest absolute Gasteiger partial charge is 0.454 e. The second kappa shape index (κ2) is 6.22. The molecule has 3 rings (SSSR count). The van der Waals surface area contributed by atoms with Crippen LogP contribution in [-0.2, 0) is 12.1 Å². The topological polar surface area (TPSA) is 50.7 Å². The zero-order valence-corrected chi connectivity index (χ0v) is 13.8. The predicted molar refractivity (Wildman–Crippen MR) is 89.5 cm³/mol. The van der Waals surface area contributed by atoms with E-state index >= 15 is 0 Å². The predicted octanol–water partition coefficient (Wildman–Crippen LogP) is 3.49. The minimum Gasteiger partial charge on any atom is -0.454 e. The van der Waals surface area contributed by atoms with Crippen molar-refractivity contribution in [2.75, 3.05) is 6.79 Å². The molecule has 0 bridgehead atoms. The van der Waals surface area contributed by atoms with E-state index in [1.165, 1.54) is 11.1 Å². The van der Waals surface area contributed by atoms with Crippen molar-refractivity contribution >= 4 is 0 Å². The molecule has 0 fully saturated rings. The molecule has 0 aliphatic carbocycles. The van der Waals surface area contributed by atoms with Crippen molar-refractivity contribution in [3.63, 3.8) is 0 Å². The number of benzene rings is 2. The molecule has 0 saturated heterocycles. The Morgan fingerprint density at radius 3 is 2.48 bits per heavy atom. The van der Waals surface area contributed by atoms with Crippen LogP contribution < -0.4 is 14.8 Å². The molecule has 4 nitrogen and oxygen atoms in total. The van der Waals surface area contributed by atoms with Gasteiger partial charge in [-0.25, -0.2) is 0 Å². The Morgan fingerprint density at radius 1 is 1.09 bits per heavy atom. The fourth-order valence-electron chi connectivity index (χ4n) is 2.60. The molecule has 1 heterocycles. The SMILES string of the molecule is CC(NCc1ccc(C(C)(C)O)cc1)c1ccc2c(c1)OCO2. The van der Waals surface area contributed by atoms with E-state index in [2.05, 4.69) is 18.3 Å². The third kappa shape index (κ3) is 3.66. The minimum atomic E-state index is -0.800. The first-order valence-electron chi connectivity index (χ1n) is 7.88. The number of nitrogens with one attached hydrogen (secondary N) is 1. The summed E-state index contributed by atoms with van der Waals surface area (Å²) in [5, 5.41) is 13.5. The number of ether oxygens (including phenoxy) is 2. The van der Waals surface area contributed by atoms with Crippen LogP contribution in [0.5, 0.6) is 11.5 Å². The Morgan fingerprint density at radius 2 is 1.78 bits per heavy atom. The van der Waals surface area contributed by atoms with Gasteiger partial charge in [0.15, 0.2) is 11.5 Å². The van der Waals surface area contributed by atoms with Crippen LogP contribution in [0.4, 0.5) is 0 Å². The molecule has 23 heavy (non-hydrogen) atoms. The second-order valence-electron chi connectivity index (χ2n) is 6.47. The molecule has 0 saturated carbocycles. The maximum Gasteiger partial charge on any atom is 0.231 e. The molecule has 122 valence electrons. The van der Waals surface area contributed by atoms with Gasteiger partial charge in [0.2, 0.25) is 6.79 Å². The fourth-order valence-corrected chi connectivity index (χ4v) is 2.60. The van der Waals surface area contributed by atoms with Crippen molar-refractivity contribution in [3.05, 3.63) is 59.2 Å². The highest BCUT2D eigenvalue weighted by molar-refractivity contribution is 5.45. The van der Waals surface area contributed by atoms with E-state index < -0.39 is 5.60 Å². The van der Waals surface area contributed by atoms with Gasteiger partial charge in [-0.2, -0.15) is 0 Å². The number of aliphatic hydroxyl groups is 1. The Kier molecular flexibility index (Phi) is 4.28. The van der Waals surface area contributed by atoms with E-state index in [0.29, 0.717) is 6.79 Å². The third-order valence-electron chi connectivity index (χ3n) is 4.17. The molecular weight excluding hydrogens is 290 g/mol. The van der Waals surface area contributed by atoms with Crippen molar-refractivity contribution in [2.45, 2.75) is 39.0 Å². The molecule has 2 N–H and O–H groups in total. The maximum absolute atomic E-state index is 9.99. The minimum absolute atomic E-state index is 0.207. The summed E-state index contributed by atoms with van der Waals surface area (Å²) in [6.45, 7) is 6.78. The van der Waals surface area contributed by atoms with Gasteiger partial charge in [0.05, 0.1) is 5.60 Å². The van der Waals surface area contributed by atoms with E-state index in [0.717, 1.165) is 23.6 Å². The van der Waals surface area contributed by atoms with Gasteiger partial charge in [-0.15, -0.1) is 0 Å². The van der Waals surface area contributed by atoms with Gasteiger partial charge in [0, 0.05) is 12.6 Å². The van der Waals surface area contributed by atoms with E-state index in [9.17, 15) is 5.11 Å². The van der Waals surface area contributed by atoms with Gasteiger partial charge >= 0.3 is 0 Å². The van der Waals surface area contributed by atoms with Crippen molar-refractivity contribution in [2.24, 2.45) is 0 Å². The van der Waals surface area contributed by atoms with E-state index in [1.54, 1.807) is 13.8 Å². The second-order valence-corrected chi connectivity index (χ2v) is 6.47. The van der Waals surface area contributed by atoms with E-state index in [1.807, 2.05) is 36.4 Å². The number of rotatable bonds is 5. The standard InChI is InChI=1S/C19H23NO3/c1-13(15-6-9-17-18(10-15)23-12-22-17)20-11-14-4-7-16(8-5-14)19(2,3)21/h4-10,13,20-21H,11-12H2,1-3H3. The van der Waals surface area contributed by atoms with Crippen LogP contribution in [0.25, 0.3) is 0 Å². The number of hydrogen-bond acceptors (Lipinski definition) is 4. The van der Waals surface area contributed by atoms with Crippen LogP contribution in [0.3, 0.4) is 0 Å². The van der Waals surface area contributed by atoms with E-state index in [4.69, 9.17) is 9.47 Å². The molecule has 2 aromatic rings. The Hall–Kier alpha value is -2.04. The van der Waals surface area contributed by atoms with Crippen LogP contribution in [-0.4, -0.2) is 11.9 Å². The van der Waals surface area contributed by atoms with Gasteiger partial charge in [-0.3, -0.25) is 0 Å². The van der Waals surface area contributed by atoms with Gasteiger partial charge in [-0.05, 0) is 49.6 Å². The molecular formula is C19H23NO3. The lowest BCUT2D eigenvalue weighted by Crippen LogP contribution is -2.19. The lowest BCUT2D eigenvalue weighted by Gasteiger charge is -2.19. The van der Waals surface area contributed by atoms with Crippen molar-refractivity contribution in [3.8, 4) is 11.5 Å². The fraction of sp³-hybridized carbons (Fsp3) is 0.368. The molecule has 1 aliphatic rings. The van der Waals surface area contributed by atoms with Crippen LogP contribution in [0.15, 0.2) is 42.5 Å². The average molecular weight is 313 g/mol. The zero-order valence-electron chi connectivity index (χ0n) is 13.8. The van der Waals surface area contributed by atoms with Gasteiger partial charge in [0.1, 0.15) is 0 Å². The summed E-state index contributed by atoms with van der Waals surface area (Å²) < 4.78 is 10.8. The third-order valence-corrected chi connectivity index (χ3v) is 4.17. The number of hydrogen-bond donors (Lipinski definition) is 2. The molecule has 0 spiro atoms. The molecule has 0 radical (unpaired) electrons. The Labute approximate surface area is 137 Å². The normalized spacial score (nSPS) is 14.8. The van der Waals surface area contributed by atoms with Crippen LogP contribution in [0, 0.1) is 0 Å². The summed E-state index contributed by atoms with van der Waals surface area (Å²) in [5.41, 5.74) is 2.48. The van der Waals surface area contributed by atoms with Crippen LogP contribution in [0.1, 0.15) is 43.5 Å². The molecule has 0 amide bonds. The molecule has 0 aromatic heterocycles. The van der Waals surface area contributed by atoms with Gasteiger partial charge in [0.25, 0.3) is 0 Å². The summed E-state index contributed by atoms with van der Waals surface area (Å²) in [6, 6.07) is 14.3. The molecule has 2 aromatic carbocycles. The molecule has 1 unspecified atom stereocenters. The summed E-state index contributed by atoms with van der Waals surface area (Å²) >= 11 is 0. The first kappa shape index (κ1) is 15.8. The highest BCUT2D eigenvalue weighted by Crippen LogP contribution is 2.34.